The maximum atomic E-state index is 13.1. The van der Waals surface area contributed by atoms with Crippen LogP contribution in [0.1, 0.15) is 31.7 Å². The molecule has 2 aromatic rings. The molecule has 2 unspecified atom stereocenters. The zero-order chi connectivity index (χ0) is 18.8. The summed E-state index contributed by atoms with van der Waals surface area (Å²) in [5, 5.41) is 14.1. The number of aliphatic hydroxyl groups is 1. The van der Waals surface area contributed by atoms with Gasteiger partial charge < -0.3 is 24.6 Å². The van der Waals surface area contributed by atoms with Crippen LogP contribution in [-0.2, 0) is 22.6 Å². The first-order chi connectivity index (χ1) is 13.1. The van der Waals surface area contributed by atoms with Crippen molar-refractivity contribution >= 4 is 16.8 Å². The Morgan fingerprint density at radius 2 is 2.22 bits per heavy atom. The number of hydrogen-bond donors (Lipinski definition) is 2. The van der Waals surface area contributed by atoms with Crippen LogP contribution in [0.25, 0.3) is 10.9 Å². The molecular weight excluding hydrogens is 342 g/mol. The van der Waals surface area contributed by atoms with Gasteiger partial charge in [0, 0.05) is 49.3 Å². The van der Waals surface area contributed by atoms with E-state index in [1.165, 1.54) is 10.9 Å². The Bertz CT molecular complexity index is 791. The highest BCUT2D eigenvalue weighted by molar-refractivity contribution is 5.86. The largest absolute Gasteiger partial charge is 0.393 e. The van der Waals surface area contributed by atoms with Gasteiger partial charge in [-0.25, -0.2) is 0 Å². The average molecular weight is 371 g/mol. The molecular formula is C21H29N3O3. The number of aryl methyl sites for hydroxylation is 1. The van der Waals surface area contributed by atoms with E-state index in [4.69, 9.17) is 4.74 Å². The number of rotatable bonds is 7. The van der Waals surface area contributed by atoms with E-state index in [9.17, 15) is 9.90 Å². The number of carbonyl (C=O) groups is 1. The predicted octanol–water partition coefficient (Wildman–Crippen LogP) is 1.89. The van der Waals surface area contributed by atoms with Gasteiger partial charge in [0.1, 0.15) is 6.10 Å². The van der Waals surface area contributed by atoms with Crippen LogP contribution in [0.2, 0.25) is 0 Å². The summed E-state index contributed by atoms with van der Waals surface area (Å²) in [6.07, 6.45) is 4.32. The second-order valence-electron chi connectivity index (χ2n) is 7.76. The van der Waals surface area contributed by atoms with E-state index in [1.54, 1.807) is 0 Å². The van der Waals surface area contributed by atoms with Crippen molar-refractivity contribution in [2.24, 2.45) is 0 Å². The normalized spacial score (nSPS) is 21.3. The Morgan fingerprint density at radius 3 is 2.93 bits per heavy atom. The van der Waals surface area contributed by atoms with E-state index < -0.39 is 0 Å². The van der Waals surface area contributed by atoms with Crippen molar-refractivity contribution in [2.75, 3.05) is 19.7 Å². The number of morpholine rings is 1. The van der Waals surface area contributed by atoms with E-state index in [2.05, 4.69) is 28.2 Å². The van der Waals surface area contributed by atoms with Crippen LogP contribution < -0.4 is 5.32 Å². The minimum Gasteiger partial charge on any atom is -0.393 e. The summed E-state index contributed by atoms with van der Waals surface area (Å²) in [6, 6.07) is 8.65. The van der Waals surface area contributed by atoms with Gasteiger partial charge in [-0.15, -0.1) is 0 Å². The third kappa shape index (κ3) is 4.18. The molecule has 1 aromatic heterocycles. The number of ether oxygens (including phenoxy) is 1. The van der Waals surface area contributed by atoms with Gasteiger partial charge in [-0.3, -0.25) is 4.79 Å². The molecule has 4 rings (SSSR count). The highest BCUT2D eigenvalue weighted by Crippen LogP contribution is 2.31. The van der Waals surface area contributed by atoms with Crippen LogP contribution in [0.5, 0.6) is 0 Å². The van der Waals surface area contributed by atoms with Crippen LogP contribution in [0, 0.1) is 0 Å². The molecule has 1 saturated carbocycles. The van der Waals surface area contributed by atoms with Crippen LogP contribution in [0.15, 0.2) is 30.5 Å². The molecule has 2 aliphatic rings. The Balaban J connectivity index is 1.57. The molecule has 1 aromatic carbocycles. The topological polar surface area (TPSA) is 66.7 Å². The number of nitrogens with zero attached hydrogens (tertiary/aromatic N) is 2. The molecule has 2 fully saturated rings. The number of para-hydroxylation sites is 1. The molecule has 0 spiro atoms. The lowest BCUT2D eigenvalue weighted by Gasteiger charge is -2.30. The van der Waals surface area contributed by atoms with Crippen molar-refractivity contribution in [1.82, 2.24) is 14.8 Å². The van der Waals surface area contributed by atoms with Crippen LogP contribution in [-0.4, -0.2) is 58.4 Å². The van der Waals surface area contributed by atoms with Gasteiger partial charge in [-0.1, -0.05) is 18.2 Å². The molecule has 1 saturated heterocycles. The van der Waals surface area contributed by atoms with Crippen molar-refractivity contribution in [3.63, 3.8) is 0 Å². The van der Waals surface area contributed by atoms with E-state index in [1.807, 2.05) is 24.0 Å². The summed E-state index contributed by atoms with van der Waals surface area (Å²) < 4.78 is 7.91. The molecule has 146 valence electrons. The first-order valence-corrected chi connectivity index (χ1v) is 10.0. The van der Waals surface area contributed by atoms with E-state index in [0.717, 1.165) is 31.4 Å². The lowest BCUT2D eigenvalue weighted by atomic mass is 10.1. The molecule has 1 amide bonds. The predicted molar refractivity (Wildman–Crippen MR) is 104 cm³/mol. The summed E-state index contributed by atoms with van der Waals surface area (Å²) in [5.74, 6) is 0.102. The first-order valence-electron chi connectivity index (χ1n) is 10.0. The maximum Gasteiger partial charge on any atom is 0.253 e. The Kier molecular flexibility index (Phi) is 5.48. The number of amides is 1. The van der Waals surface area contributed by atoms with Gasteiger partial charge >= 0.3 is 0 Å². The van der Waals surface area contributed by atoms with Gasteiger partial charge in [0.25, 0.3) is 5.91 Å². The van der Waals surface area contributed by atoms with E-state index in [-0.39, 0.29) is 18.1 Å². The lowest BCUT2D eigenvalue weighted by molar-refractivity contribution is -0.146. The molecule has 1 aliphatic heterocycles. The fraction of sp³-hybridized carbons (Fsp3) is 0.571. The summed E-state index contributed by atoms with van der Waals surface area (Å²) in [5.41, 5.74) is 2.33. The van der Waals surface area contributed by atoms with Gasteiger partial charge in [0.15, 0.2) is 0 Å². The Labute approximate surface area is 160 Å². The monoisotopic (exact) mass is 371 g/mol. The van der Waals surface area contributed by atoms with Gasteiger partial charge in [0.05, 0.1) is 12.7 Å². The average Bonchev–Trinajstić information content (AvgIpc) is 3.47. The molecule has 1 aliphatic carbocycles. The molecule has 6 nitrogen and oxygen atoms in total. The van der Waals surface area contributed by atoms with Crippen molar-refractivity contribution in [1.29, 1.82) is 0 Å². The zero-order valence-corrected chi connectivity index (χ0v) is 15.9. The van der Waals surface area contributed by atoms with E-state index in [0.29, 0.717) is 32.2 Å². The summed E-state index contributed by atoms with van der Waals surface area (Å²) >= 11 is 0. The van der Waals surface area contributed by atoms with Crippen LogP contribution in [0.3, 0.4) is 0 Å². The minimum atomic E-state index is -0.372. The number of benzene rings is 1. The second-order valence-corrected chi connectivity index (χ2v) is 7.76. The van der Waals surface area contributed by atoms with Gasteiger partial charge in [-0.2, -0.15) is 0 Å². The lowest BCUT2D eigenvalue weighted by Crippen LogP contribution is -2.49. The summed E-state index contributed by atoms with van der Waals surface area (Å²) in [6.45, 7) is 5.20. The number of aliphatic hydroxyl groups excluding tert-OH is 1. The third-order valence-electron chi connectivity index (χ3n) is 5.47. The third-order valence-corrected chi connectivity index (χ3v) is 5.47. The van der Waals surface area contributed by atoms with E-state index >= 15 is 0 Å². The van der Waals surface area contributed by atoms with Crippen LogP contribution in [0.4, 0.5) is 0 Å². The van der Waals surface area contributed by atoms with Crippen molar-refractivity contribution in [2.45, 2.75) is 57.5 Å². The quantitative estimate of drug-likeness (QED) is 0.780. The van der Waals surface area contributed by atoms with Gasteiger partial charge in [0.2, 0.25) is 0 Å². The first kappa shape index (κ1) is 18.5. The molecule has 27 heavy (non-hydrogen) atoms. The summed E-state index contributed by atoms with van der Waals surface area (Å²) in [7, 11) is 0. The minimum absolute atomic E-state index is 0.102. The number of aromatic nitrogens is 1. The maximum absolute atomic E-state index is 13.1. The zero-order valence-electron chi connectivity index (χ0n) is 15.9. The molecule has 2 atom stereocenters. The highest BCUT2D eigenvalue weighted by atomic mass is 16.5. The SMILES string of the molecule is CC(O)CCn1cc(CN(C(=O)C2CNCCO2)C2CC2)c2ccccc21. The fourth-order valence-electron chi connectivity index (χ4n) is 3.83. The number of hydrogen-bond acceptors (Lipinski definition) is 4. The second kappa shape index (κ2) is 8.00. The molecule has 0 bridgehead atoms. The standard InChI is InChI=1S/C21H29N3O3/c1-15(25)8-10-23-13-16(18-4-2-3-5-19(18)23)14-24(17-6-7-17)21(26)20-12-22-9-11-27-20/h2-5,13,15,17,20,22,25H,6-12,14H2,1H3. The van der Waals surface area contributed by atoms with Gasteiger partial charge in [-0.05, 0) is 37.8 Å². The van der Waals surface area contributed by atoms with Crippen molar-refractivity contribution in [3.05, 3.63) is 36.0 Å². The highest BCUT2D eigenvalue weighted by Gasteiger charge is 2.37. The molecule has 6 heteroatoms. The molecule has 0 radical (unpaired) electrons. The van der Waals surface area contributed by atoms with Crippen molar-refractivity contribution in [3.8, 4) is 0 Å². The number of carbonyl (C=O) groups excluding carboxylic acids is 1. The smallest absolute Gasteiger partial charge is 0.253 e. The molecule has 2 heterocycles. The number of nitrogens with one attached hydrogen (secondary N) is 1. The Morgan fingerprint density at radius 1 is 1.41 bits per heavy atom. The van der Waals surface area contributed by atoms with Crippen LogP contribution >= 0.6 is 0 Å². The Hall–Kier alpha value is -1.89. The summed E-state index contributed by atoms with van der Waals surface area (Å²) in [4.78, 5) is 15.1. The fourth-order valence-corrected chi connectivity index (χ4v) is 3.83. The number of fused-ring (bicyclic) bond motifs is 1. The van der Waals surface area contributed by atoms with Crippen molar-refractivity contribution < 1.29 is 14.6 Å². The molecule has 2 N–H and O–H groups in total.